The van der Waals surface area contributed by atoms with Gasteiger partial charge in [-0.05, 0) is 18.6 Å². The van der Waals surface area contributed by atoms with Crippen molar-refractivity contribution < 1.29 is 17.9 Å². The van der Waals surface area contributed by atoms with Gasteiger partial charge in [0.1, 0.15) is 5.60 Å². The third-order valence-electron chi connectivity index (χ3n) is 4.57. The van der Waals surface area contributed by atoms with E-state index < -0.39 is 10.2 Å². The van der Waals surface area contributed by atoms with Crippen LogP contribution in [0.15, 0.2) is 24.4 Å². The van der Waals surface area contributed by atoms with E-state index in [1.54, 1.807) is 20.3 Å². The number of ether oxygens (including phenoxy) is 2. The Morgan fingerprint density at radius 1 is 1.43 bits per heavy atom. The first-order valence-corrected chi connectivity index (χ1v) is 9.13. The van der Waals surface area contributed by atoms with E-state index in [1.807, 2.05) is 18.2 Å². The molecule has 0 saturated carbocycles. The van der Waals surface area contributed by atoms with Gasteiger partial charge in [-0.15, -0.1) is 0 Å². The van der Waals surface area contributed by atoms with Crippen LogP contribution in [-0.4, -0.2) is 68.0 Å². The molecule has 2 fully saturated rings. The molecule has 2 saturated heterocycles. The lowest BCUT2D eigenvalue weighted by atomic mass is 9.83. The number of pyridine rings is 1. The van der Waals surface area contributed by atoms with E-state index in [1.165, 1.54) is 8.61 Å². The Morgan fingerprint density at radius 2 is 2.22 bits per heavy atom. The molecule has 1 aromatic heterocycles. The van der Waals surface area contributed by atoms with Gasteiger partial charge in [0.05, 0.1) is 18.9 Å². The summed E-state index contributed by atoms with van der Waals surface area (Å²) in [6, 6.07) is 5.73. The smallest absolute Gasteiger partial charge is 0.281 e. The molecule has 3 heterocycles. The molecule has 2 aliphatic rings. The van der Waals surface area contributed by atoms with Crippen LogP contribution in [0.4, 0.5) is 0 Å². The highest BCUT2D eigenvalue weighted by molar-refractivity contribution is 7.86. The summed E-state index contributed by atoms with van der Waals surface area (Å²) in [4.78, 5) is 4.23. The van der Waals surface area contributed by atoms with E-state index in [0.29, 0.717) is 32.9 Å². The number of nitrogens with zero attached hydrogens (tertiary/aromatic N) is 3. The van der Waals surface area contributed by atoms with E-state index in [0.717, 1.165) is 12.1 Å². The average molecular weight is 341 g/mol. The van der Waals surface area contributed by atoms with Gasteiger partial charge < -0.3 is 9.47 Å². The zero-order chi connectivity index (χ0) is 16.5. The van der Waals surface area contributed by atoms with Crippen LogP contribution in [0.5, 0.6) is 0 Å². The summed E-state index contributed by atoms with van der Waals surface area (Å²) in [5, 5.41) is 0. The minimum Gasteiger partial charge on any atom is -0.375 e. The molecule has 0 N–H and O–H groups in total. The number of rotatable bonds is 6. The molecule has 1 atom stereocenters. The van der Waals surface area contributed by atoms with Gasteiger partial charge in [0, 0.05) is 45.9 Å². The first-order chi connectivity index (χ1) is 10.9. The van der Waals surface area contributed by atoms with E-state index in [9.17, 15) is 8.42 Å². The predicted octanol–water partition coefficient (Wildman–Crippen LogP) is 0.496. The summed E-state index contributed by atoms with van der Waals surface area (Å²) < 4.78 is 38.6. The first kappa shape index (κ1) is 16.8. The van der Waals surface area contributed by atoms with Gasteiger partial charge in [-0.3, -0.25) is 4.98 Å². The van der Waals surface area contributed by atoms with Gasteiger partial charge in [0.2, 0.25) is 0 Å². The van der Waals surface area contributed by atoms with Gasteiger partial charge in [0.25, 0.3) is 10.2 Å². The van der Waals surface area contributed by atoms with E-state index >= 15 is 0 Å². The Labute approximate surface area is 137 Å². The van der Waals surface area contributed by atoms with Crippen LogP contribution in [0.2, 0.25) is 0 Å². The van der Waals surface area contributed by atoms with Crippen LogP contribution >= 0.6 is 0 Å². The van der Waals surface area contributed by atoms with Crippen molar-refractivity contribution in [2.75, 3.05) is 40.4 Å². The average Bonchev–Trinajstić information content (AvgIpc) is 2.90. The topological polar surface area (TPSA) is 72.0 Å². The minimum absolute atomic E-state index is 0.222. The molecule has 7 nitrogen and oxygen atoms in total. The number of hydrogen-bond donors (Lipinski definition) is 0. The Balaban J connectivity index is 1.53. The second kappa shape index (κ2) is 6.45. The van der Waals surface area contributed by atoms with Crippen molar-refractivity contribution in [1.82, 2.24) is 13.6 Å². The fraction of sp³-hybridized carbons (Fsp3) is 0.667. The molecule has 0 aromatic carbocycles. The molecule has 2 aliphatic heterocycles. The van der Waals surface area contributed by atoms with E-state index in [-0.39, 0.29) is 11.5 Å². The van der Waals surface area contributed by atoms with Crippen molar-refractivity contribution in [3.8, 4) is 0 Å². The van der Waals surface area contributed by atoms with Crippen LogP contribution in [0, 0.1) is 5.92 Å². The monoisotopic (exact) mass is 341 g/mol. The summed E-state index contributed by atoms with van der Waals surface area (Å²) in [5.41, 5.74) is 0.513. The molecule has 0 bridgehead atoms. The fourth-order valence-corrected chi connectivity index (χ4v) is 4.33. The summed E-state index contributed by atoms with van der Waals surface area (Å²) in [7, 11) is -0.265. The maximum absolute atomic E-state index is 12.1. The normalized spacial score (nSPS) is 24.2. The third kappa shape index (κ3) is 3.27. The molecule has 1 aromatic rings. The number of aromatic nitrogens is 1. The Morgan fingerprint density at radius 3 is 2.87 bits per heavy atom. The van der Waals surface area contributed by atoms with Crippen molar-refractivity contribution in [3.63, 3.8) is 0 Å². The quantitative estimate of drug-likeness (QED) is 0.753. The number of hydrogen-bond acceptors (Lipinski definition) is 5. The molecule has 128 valence electrons. The van der Waals surface area contributed by atoms with Crippen molar-refractivity contribution >= 4 is 10.2 Å². The summed E-state index contributed by atoms with van der Waals surface area (Å²) in [6.07, 6.45) is 2.65. The second-order valence-electron chi connectivity index (χ2n) is 6.29. The van der Waals surface area contributed by atoms with Crippen molar-refractivity contribution in [1.29, 1.82) is 0 Å². The van der Waals surface area contributed by atoms with Crippen LogP contribution in [0.3, 0.4) is 0 Å². The lowest BCUT2D eigenvalue weighted by Gasteiger charge is -2.49. The predicted molar refractivity (Wildman–Crippen MR) is 84.9 cm³/mol. The van der Waals surface area contributed by atoms with Gasteiger partial charge in [-0.25, -0.2) is 0 Å². The molecule has 0 amide bonds. The molecule has 8 heteroatoms. The zero-order valence-electron chi connectivity index (χ0n) is 13.5. The largest absolute Gasteiger partial charge is 0.375 e. The molecule has 0 aliphatic carbocycles. The lowest BCUT2D eigenvalue weighted by Crippen LogP contribution is -2.67. The highest BCUT2D eigenvalue weighted by Crippen LogP contribution is 2.41. The standard InChI is InChI=1S/C15H23N3O4S/c1-17(2)23(19,20)18-11-15(12-18)13(6-8-22-15)9-21-10-14-5-3-4-7-16-14/h3-5,7,13H,6,8-12H2,1-2H3. The van der Waals surface area contributed by atoms with Crippen molar-refractivity contribution in [2.45, 2.75) is 18.6 Å². The summed E-state index contributed by atoms with van der Waals surface area (Å²) in [5.74, 6) is 0.222. The second-order valence-corrected chi connectivity index (χ2v) is 8.44. The molecule has 3 rings (SSSR count). The van der Waals surface area contributed by atoms with E-state index in [2.05, 4.69) is 4.98 Å². The highest BCUT2D eigenvalue weighted by Gasteiger charge is 2.56. The zero-order valence-corrected chi connectivity index (χ0v) is 14.3. The molecule has 1 spiro atoms. The van der Waals surface area contributed by atoms with Crippen LogP contribution in [-0.2, 0) is 26.3 Å². The van der Waals surface area contributed by atoms with Gasteiger partial charge in [0.15, 0.2) is 0 Å². The van der Waals surface area contributed by atoms with Crippen LogP contribution in [0.1, 0.15) is 12.1 Å². The minimum atomic E-state index is -3.35. The van der Waals surface area contributed by atoms with E-state index in [4.69, 9.17) is 9.47 Å². The summed E-state index contributed by atoms with van der Waals surface area (Å²) >= 11 is 0. The maximum atomic E-state index is 12.1. The molecular weight excluding hydrogens is 318 g/mol. The summed E-state index contributed by atoms with van der Waals surface area (Å²) in [6.45, 7) is 2.50. The highest BCUT2D eigenvalue weighted by atomic mass is 32.2. The lowest BCUT2D eigenvalue weighted by molar-refractivity contribution is -0.116. The van der Waals surface area contributed by atoms with Gasteiger partial charge >= 0.3 is 0 Å². The fourth-order valence-electron chi connectivity index (χ4n) is 3.10. The molecule has 1 unspecified atom stereocenters. The Bertz CT molecular complexity index is 629. The van der Waals surface area contributed by atoms with Crippen molar-refractivity contribution in [3.05, 3.63) is 30.1 Å². The van der Waals surface area contributed by atoms with Gasteiger partial charge in [-0.1, -0.05) is 6.07 Å². The van der Waals surface area contributed by atoms with Gasteiger partial charge in [-0.2, -0.15) is 17.0 Å². The maximum Gasteiger partial charge on any atom is 0.281 e. The Hall–Kier alpha value is -1.06. The van der Waals surface area contributed by atoms with Crippen LogP contribution in [0.25, 0.3) is 0 Å². The SMILES string of the molecule is CN(C)S(=O)(=O)N1CC2(C1)OCCC2COCc1ccccn1. The first-order valence-electron chi connectivity index (χ1n) is 7.73. The Kier molecular flexibility index (Phi) is 4.70. The van der Waals surface area contributed by atoms with Crippen molar-refractivity contribution in [2.24, 2.45) is 5.92 Å². The van der Waals surface area contributed by atoms with Crippen LogP contribution < -0.4 is 0 Å². The molecule has 23 heavy (non-hydrogen) atoms. The third-order valence-corrected chi connectivity index (χ3v) is 6.40. The molecular formula is C15H23N3O4S. The molecule has 0 radical (unpaired) electrons.